The maximum Gasteiger partial charge on any atom is 0.330 e. The molecule has 0 aromatic heterocycles. The number of nitrogens with one attached hydrogen (secondary N) is 1. The third kappa shape index (κ3) is 4.03. The molecule has 1 aliphatic rings. The van der Waals surface area contributed by atoms with Crippen molar-refractivity contribution in [2.24, 2.45) is 11.8 Å². The second-order valence-electron chi connectivity index (χ2n) is 6.43. The van der Waals surface area contributed by atoms with Crippen LogP contribution in [0, 0.1) is 11.8 Å². The summed E-state index contributed by atoms with van der Waals surface area (Å²) >= 11 is 0. The van der Waals surface area contributed by atoms with Gasteiger partial charge in [0, 0.05) is 25.2 Å². The number of nitrogens with zero attached hydrogens (tertiary/aromatic N) is 2. The minimum Gasteiger partial charge on any atom is -0.297 e. The number of hydrogen-bond acceptors (Lipinski definition) is 4. The Balaban J connectivity index is 2.79. The van der Waals surface area contributed by atoms with Gasteiger partial charge in [-0.2, -0.15) is 0 Å². The van der Waals surface area contributed by atoms with Gasteiger partial charge < -0.3 is 0 Å². The van der Waals surface area contributed by atoms with Gasteiger partial charge in [-0.15, -0.1) is 0 Å². The standard InChI is InChI=1S/C15H27N3O3/c1-9(2)12-13(19)16-15(21)18(14(12)20)8-7-17(10(3)4)11(5)6/h9-12H,7-8H2,1-6H3,(H,16,19,21). The molecule has 120 valence electrons. The lowest BCUT2D eigenvalue weighted by Gasteiger charge is -2.35. The van der Waals surface area contributed by atoms with Gasteiger partial charge in [0.15, 0.2) is 0 Å². The van der Waals surface area contributed by atoms with E-state index < -0.39 is 17.9 Å². The molecule has 21 heavy (non-hydrogen) atoms. The van der Waals surface area contributed by atoms with Crippen molar-refractivity contribution in [1.82, 2.24) is 15.1 Å². The van der Waals surface area contributed by atoms with Crippen LogP contribution in [0.3, 0.4) is 0 Å². The highest BCUT2D eigenvalue weighted by Crippen LogP contribution is 2.19. The molecule has 1 atom stereocenters. The summed E-state index contributed by atoms with van der Waals surface area (Å²) in [6.07, 6.45) is 0. The third-order valence-corrected chi connectivity index (χ3v) is 3.86. The van der Waals surface area contributed by atoms with E-state index in [9.17, 15) is 14.4 Å². The molecule has 1 rings (SSSR count). The van der Waals surface area contributed by atoms with Crippen LogP contribution in [-0.4, -0.2) is 52.8 Å². The number of carbonyl (C=O) groups is 3. The summed E-state index contributed by atoms with van der Waals surface area (Å²) in [5, 5.41) is 2.28. The van der Waals surface area contributed by atoms with Crippen molar-refractivity contribution in [2.45, 2.75) is 53.6 Å². The first-order valence-electron chi connectivity index (χ1n) is 7.58. The first kappa shape index (κ1) is 17.6. The topological polar surface area (TPSA) is 69.7 Å². The van der Waals surface area contributed by atoms with Crippen LogP contribution in [0.1, 0.15) is 41.5 Å². The van der Waals surface area contributed by atoms with Gasteiger partial charge in [-0.3, -0.25) is 24.7 Å². The Morgan fingerprint density at radius 3 is 2.00 bits per heavy atom. The first-order valence-corrected chi connectivity index (χ1v) is 7.58. The number of urea groups is 1. The zero-order valence-corrected chi connectivity index (χ0v) is 13.8. The molecule has 1 N–H and O–H groups in total. The number of amides is 4. The quantitative estimate of drug-likeness (QED) is 0.754. The predicted molar refractivity (Wildman–Crippen MR) is 80.6 cm³/mol. The molecule has 1 fully saturated rings. The molecule has 0 aliphatic carbocycles. The molecule has 6 nitrogen and oxygen atoms in total. The molecule has 6 heteroatoms. The molecule has 0 radical (unpaired) electrons. The van der Waals surface area contributed by atoms with E-state index in [0.29, 0.717) is 25.2 Å². The van der Waals surface area contributed by atoms with Crippen LogP contribution in [-0.2, 0) is 9.59 Å². The van der Waals surface area contributed by atoms with E-state index >= 15 is 0 Å². The maximum absolute atomic E-state index is 12.4. The smallest absolute Gasteiger partial charge is 0.297 e. The van der Waals surface area contributed by atoms with Gasteiger partial charge in [-0.1, -0.05) is 13.8 Å². The average molecular weight is 297 g/mol. The highest BCUT2D eigenvalue weighted by molar-refractivity contribution is 6.16. The molecule has 1 aliphatic heterocycles. The Kier molecular flexibility index (Phi) is 5.89. The summed E-state index contributed by atoms with van der Waals surface area (Å²) in [6, 6.07) is 0.0559. The van der Waals surface area contributed by atoms with Gasteiger partial charge in [-0.05, 0) is 33.6 Å². The van der Waals surface area contributed by atoms with E-state index in [4.69, 9.17) is 0 Å². The van der Waals surface area contributed by atoms with Gasteiger partial charge in [0.1, 0.15) is 5.92 Å². The average Bonchev–Trinajstić information content (AvgIpc) is 2.31. The van der Waals surface area contributed by atoms with E-state index in [0.717, 1.165) is 0 Å². The molecule has 0 saturated carbocycles. The second-order valence-corrected chi connectivity index (χ2v) is 6.43. The van der Waals surface area contributed by atoms with Crippen molar-refractivity contribution in [3.05, 3.63) is 0 Å². The summed E-state index contributed by atoms with van der Waals surface area (Å²) in [5.74, 6) is -1.76. The monoisotopic (exact) mass is 297 g/mol. The van der Waals surface area contributed by atoms with Crippen molar-refractivity contribution in [1.29, 1.82) is 0 Å². The molecule has 1 heterocycles. The molecule has 0 aromatic rings. The van der Waals surface area contributed by atoms with E-state index in [2.05, 4.69) is 37.9 Å². The number of barbiturate groups is 1. The molecule has 0 bridgehead atoms. The Morgan fingerprint density at radius 2 is 1.57 bits per heavy atom. The Morgan fingerprint density at radius 1 is 1.05 bits per heavy atom. The minimum absolute atomic E-state index is 0.126. The molecule has 0 spiro atoms. The van der Waals surface area contributed by atoms with Crippen molar-refractivity contribution in [2.75, 3.05) is 13.1 Å². The lowest BCUT2D eigenvalue weighted by Crippen LogP contribution is -2.60. The lowest BCUT2D eigenvalue weighted by atomic mass is 9.92. The van der Waals surface area contributed by atoms with Crippen LogP contribution in [0.4, 0.5) is 4.79 Å². The maximum atomic E-state index is 12.4. The fourth-order valence-electron chi connectivity index (χ4n) is 2.76. The third-order valence-electron chi connectivity index (χ3n) is 3.86. The van der Waals surface area contributed by atoms with Gasteiger partial charge in [0.2, 0.25) is 11.8 Å². The highest BCUT2D eigenvalue weighted by atomic mass is 16.2. The molecular formula is C15H27N3O3. The lowest BCUT2D eigenvalue weighted by molar-refractivity contribution is -0.144. The SMILES string of the molecule is CC(C)C1C(=O)NC(=O)N(CCN(C(C)C)C(C)C)C1=O. The van der Waals surface area contributed by atoms with E-state index in [1.807, 2.05) is 13.8 Å². The van der Waals surface area contributed by atoms with Gasteiger partial charge in [-0.25, -0.2) is 4.79 Å². The highest BCUT2D eigenvalue weighted by Gasteiger charge is 2.41. The summed E-state index contributed by atoms with van der Waals surface area (Å²) in [4.78, 5) is 39.4. The number of imide groups is 2. The van der Waals surface area contributed by atoms with Crippen LogP contribution in [0.2, 0.25) is 0 Å². The summed E-state index contributed by atoms with van der Waals surface area (Å²) in [5.41, 5.74) is 0. The van der Waals surface area contributed by atoms with Crippen LogP contribution in [0.25, 0.3) is 0 Å². The van der Waals surface area contributed by atoms with Crippen molar-refractivity contribution >= 4 is 17.8 Å². The molecule has 1 saturated heterocycles. The summed E-state index contributed by atoms with van der Waals surface area (Å²) in [7, 11) is 0. The number of rotatable bonds is 6. The zero-order chi connectivity index (χ0) is 16.3. The van der Waals surface area contributed by atoms with Crippen LogP contribution >= 0.6 is 0 Å². The van der Waals surface area contributed by atoms with E-state index in [1.165, 1.54) is 4.90 Å². The fourth-order valence-corrected chi connectivity index (χ4v) is 2.76. The van der Waals surface area contributed by atoms with Crippen LogP contribution < -0.4 is 5.32 Å². The second kappa shape index (κ2) is 7.02. The van der Waals surface area contributed by atoms with E-state index in [1.54, 1.807) is 0 Å². The number of carbonyl (C=O) groups excluding carboxylic acids is 3. The molecule has 1 unspecified atom stereocenters. The number of hydrogen-bond donors (Lipinski definition) is 1. The fraction of sp³-hybridized carbons (Fsp3) is 0.800. The Bertz CT molecular complexity index is 410. The molecule has 4 amide bonds. The Labute approximate surface area is 126 Å². The normalized spacial score (nSPS) is 20.2. The van der Waals surface area contributed by atoms with Gasteiger partial charge >= 0.3 is 6.03 Å². The zero-order valence-electron chi connectivity index (χ0n) is 13.8. The molecule has 0 aromatic carbocycles. The largest absolute Gasteiger partial charge is 0.330 e. The predicted octanol–water partition coefficient (Wildman–Crippen LogP) is 1.46. The van der Waals surface area contributed by atoms with Crippen LogP contribution in [0.15, 0.2) is 0 Å². The van der Waals surface area contributed by atoms with Crippen molar-refractivity contribution in [3.63, 3.8) is 0 Å². The molecular weight excluding hydrogens is 270 g/mol. The van der Waals surface area contributed by atoms with Crippen LogP contribution in [0.5, 0.6) is 0 Å². The summed E-state index contributed by atoms with van der Waals surface area (Å²) < 4.78 is 0. The van der Waals surface area contributed by atoms with Gasteiger partial charge in [0.25, 0.3) is 0 Å². The van der Waals surface area contributed by atoms with E-state index in [-0.39, 0.29) is 11.8 Å². The minimum atomic E-state index is -0.769. The summed E-state index contributed by atoms with van der Waals surface area (Å²) in [6.45, 7) is 12.9. The van der Waals surface area contributed by atoms with Gasteiger partial charge in [0.05, 0.1) is 0 Å². The van der Waals surface area contributed by atoms with Crippen molar-refractivity contribution < 1.29 is 14.4 Å². The Hall–Kier alpha value is -1.43. The van der Waals surface area contributed by atoms with Crippen molar-refractivity contribution in [3.8, 4) is 0 Å². The first-order chi connectivity index (χ1) is 9.66.